The highest BCUT2D eigenvalue weighted by Crippen LogP contribution is 2.30. The van der Waals surface area contributed by atoms with Crippen LogP contribution in [0.2, 0.25) is 5.02 Å². The third-order valence-corrected chi connectivity index (χ3v) is 8.36. The van der Waals surface area contributed by atoms with Crippen molar-refractivity contribution in [3.63, 3.8) is 0 Å². The molecule has 2 aromatic carbocycles. The van der Waals surface area contributed by atoms with Gasteiger partial charge in [-0.1, -0.05) is 17.7 Å². The Balaban J connectivity index is 1.97. The Kier molecular flexibility index (Phi) is 11.0. The van der Waals surface area contributed by atoms with Crippen LogP contribution in [-0.4, -0.2) is 60.7 Å². The van der Waals surface area contributed by atoms with Crippen LogP contribution in [0.4, 0.5) is 13.2 Å². The summed E-state index contributed by atoms with van der Waals surface area (Å²) in [7, 11) is -3.09. The number of aliphatic hydroxyl groups is 1. The van der Waals surface area contributed by atoms with Gasteiger partial charge in [-0.2, -0.15) is 4.31 Å². The molecule has 206 valence electrons. The number of aryl methyl sites for hydroxylation is 1. The molecular weight excluding hydrogens is 533 g/mol. The summed E-state index contributed by atoms with van der Waals surface area (Å²) in [6, 6.07) is 5.46. The number of halogens is 4. The van der Waals surface area contributed by atoms with E-state index in [1.54, 1.807) is 0 Å². The van der Waals surface area contributed by atoms with E-state index in [-0.39, 0.29) is 48.5 Å². The molecule has 0 aliphatic heterocycles. The van der Waals surface area contributed by atoms with Crippen molar-refractivity contribution in [3.05, 3.63) is 63.9 Å². The summed E-state index contributed by atoms with van der Waals surface area (Å²) in [5.74, 6) is -3.22. The lowest BCUT2D eigenvalue weighted by Gasteiger charge is -2.29. The molecule has 2 rings (SSSR count). The minimum absolute atomic E-state index is 0.0155. The third kappa shape index (κ3) is 8.96. The molecule has 0 aliphatic rings. The van der Waals surface area contributed by atoms with Crippen molar-refractivity contribution in [2.45, 2.75) is 62.5 Å². The first kappa shape index (κ1) is 31.0. The molecule has 0 amide bonds. The van der Waals surface area contributed by atoms with Crippen molar-refractivity contribution >= 4 is 27.6 Å². The number of hydrogen-bond donors (Lipinski definition) is 3. The quantitative estimate of drug-likeness (QED) is 0.318. The van der Waals surface area contributed by atoms with E-state index < -0.39 is 50.0 Å². The predicted octanol–water partition coefficient (Wildman–Crippen LogP) is 4.15. The first-order valence-electron chi connectivity index (χ1n) is 11.7. The van der Waals surface area contributed by atoms with Gasteiger partial charge < -0.3 is 15.5 Å². The summed E-state index contributed by atoms with van der Waals surface area (Å²) in [5, 5.41) is 22.2. The Labute approximate surface area is 220 Å². The Morgan fingerprint density at radius 1 is 1.16 bits per heavy atom. The maximum Gasteiger partial charge on any atom is 0.303 e. The summed E-state index contributed by atoms with van der Waals surface area (Å²) in [4.78, 5) is 10.3. The van der Waals surface area contributed by atoms with Gasteiger partial charge >= 0.3 is 5.97 Å². The van der Waals surface area contributed by atoms with Gasteiger partial charge in [0.15, 0.2) is 0 Å². The number of aliphatic hydroxyl groups excluding tert-OH is 1. The molecule has 0 saturated carbocycles. The number of likely N-dealkylation sites (N-methyl/N-ethyl adjacent to an activating group) is 1. The van der Waals surface area contributed by atoms with Crippen LogP contribution in [0.25, 0.3) is 0 Å². The van der Waals surface area contributed by atoms with Gasteiger partial charge in [0.05, 0.1) is 11.1 Å². The summed E-state index contributed by atoms with van der Waals surface area (Å²) in [6.45, 7) is 3.39. The molecule has 2 aromatic rings. The Morgan fingerprint density at radius 3 is 2.38 bits per heavy atom. The van der Waals surface area contributed by atoms with Gasteiger partial charge in [-0.3, -0.25) is 4.79 Å². The van der Waals surface area contributed by atoms with Crippen LogP contribution >= 0.6 is 11.6 Å². The van der Waals surface area contributed by atoms with Gasteiger partial charge in [0, 0.05) is 37.7 Å². The third-order valence-electron chi connectivity index (χ3n) is 5.95. The Morgan fingerprint density at radius 2 is 1.78 bits per heavy atom. The molecule has 7 nitrogen and oxygen atoms in total. The van der Waals surface area contributed by atoms with E-state index in [0.717, 1.165) is 16.4 Å². The number of β-amino-alcohol motifs (C(OH)–C–C–N with tert-alkyl or cyclic N) is 1. The zero-order valence-electron chi connectivity index (χ0n) is 20.9. The van der Waals surface area contributed by atoms with Gasteiger partial charge in [-0.05, 0) is 69.4 Å². The van der Waals surface area contributed by atoms with Crippen molar-refractivity contribution < 1.29 is 36.6 Å². The number of rotatable bonds is 14. The number of nitrogens with one attached hydrogen (secondary N) is 1. The molecule has 0 aliphatic carbocycles. The fraction of sp³-hybridized carbons (Fsp3) is 0.480. The molecule has 0 radical (unpaired) electrons. The van der Waals surface area contributed by atoms with Crippen LogP contribution in [-0.2, 0) is 27.7 Å². The number of hydrogen-bond acceptors (Lipinski definition) is 5. The first-order valence-corrected chi connectivity index (χ1v) is 13.5. The number of nitrogens with zero attached hydrogens (tertiary/aromatic N) is 1. The standard InChI is InChI=1S/C25H32ClF3N2O5S/c1-25(2,11-5-6-19-20(28)7-4-8-21(19)29)30-14-18(32)15-31(3)37(35,36)22-13-17(27)12-16(24(22)26)9-10-23(33)34/h4,7-8,12-13,18,30,32H,5-6,9-11,14-15H2,1-3H3,(H,33,34). The second kappa shape index (κ2) is 13.1. The molecule has 3 N–H and O–H groups in total. The fourth-order valence-electron chi connectivity index (χ4n) is 3.82. The normalized spacial score (nSPS) is 13.2. The second-order valence-corrected chi connectivity index (χ2v) is 11.9. The van der Waals surface area contributed by atoms with Gasteiger partial charge in [0.2, 0.25) is 10.0 Å². The van der Waals surface area contributed by atoms with Crippen molar-refractivity contribution in [1.29, 1.82) is 0 Å². The largest absolute Gasteiger partial charge is 0.481 e. The highest BCUT2D eigenvalue weighted by atomic mass is 35.5. The zero-order valence-corrected chi connectivity index (χ0v) is 22.5. The SMILES string of the molecule is CN(CC(O)CNC(C)(C)CCCc1c(F)cccc1F)S(=O)(=O)c1cc(F)cc(CCC(=O)O)c1Cl. The highest BCUT2D eigenvalue weighted by molar-refractivity contribution is 7.89. The number of aliphatic carboxylic acids is 1. The molecule has 0 bridgehead atoms. The number of carboxylic acids is 1. The number of sulfonamides is 1. The Hall–Kier alpha value is -2.18. The maximum atomic E-state index is 14.1. The average molecular weight is 565 g/mol. The van der Waals surface area contributed by atoms with E-state index in [1.165, 1.54) is 25.2 Å². The minimum Gasteiger partial charge on any atom is -0.481 e. The fourth-order valence-corrected chi connectivity index (χ4v) is 5.64. The molecule has 0 heterocycles. The predicted molar refractivity (Wildman–Crippen MR) is 135 cm³/mol. The van der Waals surface area contributed by atoms with Gasteiger partial charge in [-0.15, -0.1) is 0 Å². The number of carbonyl (C=O) groups is 1. The first-order chi connectivity index (χ1) is 17.1. The molecule has 0 aromatic heterocycles. The number of carboxylic acid groups (broad SMARTS) is 1. The van der Waals surface area contributed by atoms with E-state index >= 15 is 0 Å². The van der Waals surface area contributed by atoms with Crippen molar-refractivity contribution in [1.82, 2.24) is 9.62 Å². The number of benzene rings is 2. The van der Waals surface area contributed by atoms with E-state index in [1.807, 2.05) is 13.8 Å². The van der Waals surface area contributed by atoms with Crippen molar-refractivity contribution in [2.24, 2.45) is 0 Å². The molecule has 37 heavy (non-hydrogen) atoms. The van der Waals surface area contributed by atoms with Gasteiger partial charge in [-0.25, -0.2) is 21.6 Å². The molecule has 12 heteroatoms. The summed E-state index contributed by atoms with van der Waals surface area (Å²) < 4.78 is 68.6. The van der Waals surface area contributed by atoms with Crippen LogP contribution in [0, 0.1) is 17.5 Å². The monoisotopic (exact) mass is 564 g/mol. The van der Waals surface area contributed by atoms with Crippen LogP contribution in [0.3, 0.4) is 0 Å². The lowest BCUT2D eigenvalue weighted by Crippen LogP contribution is -2.46. The highest BCUT2D eigenvalue weighted by Gasteiger charge is 2.28. The van der Waals surface area contributed by atoms with E-state index in [0.29, 0.717) is 12.8 Å². The molecule has 0 fully saturated rings. The average Bonchev–Trinajstić information content (AvgIpc) is 2.79. The van der Waals surface area contributed by atoms with Crippen LogP contribution < -0.4 is 5.32 Å². The summed E-state index contributed by atoms with van der Waals surface area (Å²) in [5.41, 5.74) is -0.451. The van der Waals surface area contributed by atoms with Gasteiger partial charge in [0.25, 0.3) is 0 Å². The van der Waals surface area contributed by atoms with Crippen LogP contribution in [0.15, 0.2) is 35.2 Å². The lowest BCUT2D eigenvalue weighted by molar-refractivity contribution is -0.136. The van der Waals surface area contributed by atoms with Crippen LogP contribution in [0.5, 0.6) is 0 Å². The Bertz CT molecular complexity index is 1190. The van der Waals surface area contributed by atoms with Crippen molar-refractivity contribution in [2.75, 3.05) is 20.1 Å². The zero-order chi connectivity index (χ0) is 28.0. The van der Waals surface area contributed by atoms with E-state index in [4.69, 9.17) is 16.7 Å². The summed E-state index contributed by atoms with van der Waals surface area (Å²) in [6.07, 6.45) is -0.431. The minimum atomic E-state index is -4.30. The molecule has 0 saturated heterocycles. The topological polar surface area (TPSA) is 107 Å². The molecule has 0 spiro atoms. The molecular formula is C25H32ClF3N2O5S. The summed E-state index contributed by atoms with van der Waals surface area (Å²) >= 11 is 6.18. The lowest BCUT2D eigenvalue weighted by atomic mass is 9.95. The van der Waals surface area contributed by atoms with E-state index in [9.17, 15) is 31.5 Å². The smallest absolute Gasteiger partial charge is 0.303 e. The molecule has 1 unspecified atom stereocenters. The van der Waals surface area contributed by atoms with Crippen LogP contribution in [0.1, 0.15) is 44.2 Å². The molecule has 1 atom stereocenters. The van der Waals surface area contributed by atoms with Gasteiger partial charge in [0.1, 0.15) is 22.3 Å². The second-order valence-electron chi connectivity index (χ2n) is 9.53. The van der Waals surface area contributed by atoms with E-state index in [2.05, 4.69) is 5.32 Å². The van der Waals surface area contributed by atoms with Crippen molar-refractivity contribution in [3.8, 4) is 0 Å². The maximum absolute atomic E-state index is 14.1.